The highest BCUT2D eigenvalue weighted by Gasteiger charge is 2.41. The number of carbonyl (C=O) groups is 1. The van der Waals surface area contributed by atoms with E-state index in [1.165, 1.54) is 18.6 Å². The fourth-order valence-corrected chi connectivity index (χ4v) is 3.93. The summed E-state index contributed by atoms with van der Waals surface area (Å²) in [5.41, 5.74) is 5.17. The van der Waals surface area contributed by atoms with Crippen LogP contribution < -0.4 is 11.1 Å². The number of primary amides is 1. The third-order valence-electron chi connectivity index (χ3n) is 3.30. The molecule has 4 heteroatoms. The first-order chi connectivity index (χ1) is 8.00. The summed E-state index contributed by atoms with van der Waals surface area (Å²) < 4.78 is 0. The zero-order chi connectivity index (χ0) is 12.9. The number of hydrogen-bond donors (Lipinski definition) is 2. The molecule has 2 atom stereocenters. The summed E-state index contributed by atoms with van der Waals surface area (Å²) in [4.78, 5) is 11.8. The molecule has 0 spiro atoms. The molecular formula is C13H26N2OS. The van der Waals surface area contributed by atoms with E-state index in [-0.39, 0.29) is 5.91 Å². The number of nitrogens with two attached hydrogens (primary N) is 1. The van der Waals surface area contributed by atoms with Crippen molar-refractivity contribution in [1.29, 1.82) is 0 Å². The number of rotatable bonds is 6. The molecule has 1 saturated carbocycles. The van der Waals surface area contributed by atoms with Crippen molar-refractivity contribution in [1.82, 2.24) is 5.32 Å². The molecule has 1 rings (SSSR count). The second-order valence-corrected chi connectivity index (χ2v) is 6.74. The predicted molar refractivity (Wildman–Crippen MR) is 75.2 cm³/mol. The van der Waals surface area contributed by atoms with Crippen LogP contribution in [0.15, 0.2) is 0 Å². The molecule has 1 aliphatic rings. The third kappa shape index (κ3) is 4.18. The number of amides is 1. The zero-order valence-electron chi connectivity index (χ0n) is 11.3. The lowest BCUT2D eigenvalue weighted by molar-refractivity contribution is -0.126. The van der Waals surface area contributed by atoms with Crippen molar-refractivity contribution in [3.63, 3.8) is 0 Å². The van der Waals surface area contributed by atoms with Gasteiger partial charge in [0.25, 0.3) is 0 Å². The van der Waals surface area contributed by atoms with Crippen molar-refractivity contribution in [2.24, 2.45) is 5.73 Å². The van der Waals surface area contributed by atoms with E-state index >= 15 is 0 Å². The van der Waals surface area contributed by atoms with Crippen molar-refractivity contribution in [2.45, 2.75) is 69.7 Å². The Morgan fingerprint density at radius 3 is 2.82 bits per heavy atom. The lowest BCUT2D eigenvalue weighted by atomic mass is 9.80. The van der Waals surface area contributed by atoms with Gasteiger partial charge in [-0.15, -0.1) is 0 Å². The number of carbonyl (C=O) groups excluding carboxylic acids is 1. The van der Waals surface area contributed by atoms with Crippen LogP contribution in [0.4, 0.5) is 0 Å². The predicted octanol–water partition coefficient (Wildman–Crippen LogP) is 2.29. The highest BCUT2D eigenvalue weighted by molar-refractivity contribution is 7.99. The molecule has 17 heavy (non-hydrogen) atoms. The molecule has 0 aromatic heterocycles. The van der Waals surface area contributed by atoms with Crippen LogP contribution in [0.3, 0.4) is 0 Å². The minimum atomic E-state index is -0.460. The van der Waals surface area contributed by atoms with E-state index in [4.69, 9.17) is 5.73 Å². The van der Waals surface area contributed by atoms with E-state index in [2.05, 4.69) is 26.1 Å². The van der Waals surface area contributed by atoms with Crippen molar-refractivity contribution in [3.05, 3.63) is 0 Å². The average Bonchev–Trinajstić information content (AvgIpc) is 2.25. The fourth-order valence-electron chi connectivity index (χ4n) is 2.63. The highest BCUT2D eigenvalue weighted by Crippen LogP contribution is 2.35. The molecule has 0 aromatic rings. The third-order valence-corrected chi connectivity index (χ3v) is 4.82. The Morgan fingerprint density at radius 1 is 1.59 bits per heavy atom. The number of hydrogen-bond acceptors (Lipinski definition) is 3. The average molecular weight is 258 g/mol. The van der Waals surface area contributed by atoms with Crippen LogP contribution >= 0.6 is 11.8 Å². The molecule has 1 amide bonds. The Morgan fingerprint density at radius 2 is 2.29 bits per heavy atom. The topological polar surface area (TPSA) is 55.1 Å². The quantitative estimate of drug-likeness (QED) is 0.768. The van der Waals surface area contributed by atoms with E-state index in [9.17, 15) is 4.79 Å². The van der Waals surface area contributed by atoms with Crippen molar-refractivity contribution in [3.8, 4) is 0 Å². The van der Waals surface area contributed by atoms with Crippen LogP contribution in [0, 0.1) is 0 Å². The van der Waals surface area contributed by atoms with Gasteiger partial charge in [-0.3, -0.25) is 4.79 Å². The van der Waals surface area contributed by atoms with Gasteiger partial charge in [0.2, 0.25) is 5.91 Å². The summed E-state index contributed by atoms with van der Waals surface area (Å²) in [5, 5.41) is 4.00. The van der Waals surface area contributed by atoms with Gasteiger partial charge in [-0.05, 0) is 51.7 Å². The van der Waals surface area contributed by atoms with Gasteiger partial charge in [-0.2, -0.15) is 11.8 Å². The van der Waals surface area contributed by atoms with Crippen LogP contribution in [-0.2, 0) is 4.79 Å². The summed E-state index contributed by atoms with van der Waals surface area (Å²) in [6.45, 7) is 6.35. The van der Waals surface area contributed by atoms with Gasteiger partial charge in [0, 0.05) is 11.3 Å². The van der Waals surface area contributed by atoms with Crippen molar-refractivity contribution < 1.29 is 4.79 Å². The van der Waals surface area contributed by atoms with Crippen LogP contribution in [0.1, 0.15) is 52.9 Å². The van der Waals surface area contributed by atoms with Gasteiger partial charge in [-0.25, -0.2) is 0 Å². The minimum Gasteiger partial charge on any atom is -0.368 e. The maximum Gasteiger partial charge on any atom is 0.237 e. The molecular weight excluding hydrogens is 232 g/mol. The first kappa shape index (κ1) is 14.8. The van der Waals surface area contributed by atoms with E-state index in [1.807, 2.05) is 11.8 Å². The molecule has 2 unspecified atom stereocenters. The second-order valence-electron chi connectivity index (χ2n) is 5.33. The molecule has 3 N–H and O–H groups in total. The largest absolute Gasteiger partial charge is 0.368 e. The van der Waals surface area contributed by atoms with Gasteiger partial charge in [-0.1, -0.05) is 6.92 Å². The molecule has 0 aromatic carbocycles. The maximum atomic E-state index is 11.8. The van der Waals surface area contributed by atoms with E-state index < -0.39 is 5.54 Å². The summed E-state index contributed by atoms with van der Waals surface area (Å²) >= 11 is 2.00. The van der Waals surface area contributed by atoms with Crippen molar-refractivity contribution in [2.75, 3.05) is 5.75 Å². The lowest BCUT2D eigenvalue weighted by Gasteiger charge is -2.40. The van der Waals surface area contributed by atoms with Gasteiger partial charge < -0.3 is 11.1 Å². The summed E-state index contributed by atoms with van der Waals surface area (Å²) in [6.07, 6.45) is 5.31. The van der Waals surface area contributed by atoms with Crippen LogP contribution in [0.2, 0.25) is 0 Å². The summed E-state index contributed by atoms with van der Waals surface area (Å²) in [7, 11) is 0. The Labute approximate surface area is 109 Å². The van der Waals surface area contributed by atoms with Crippen LogP contribution in [0.25, 0.3) is 0 Å². The second kappa shape index (κ2) is 6.64. The van der Waals surface area contributed by atoms with Gasteiger partial charge in [0.1, 0.15) is 0 Å². The summed E-state index contributed by atoms with van der Waals surface area (Å²) in [6, 6.07) is 0.303. The smallest absolute Gasteiger partial charge is 0.237 e. The molecule has 0 radical (unpaired) electrons. The van der Waals surface area contributed by atoms with Crippen molar-refractivity contribution >= 4 is 17.7 Å². The van der Waals surface area contributed by atoms with E-state index in [0.717, 1.165) is 19.3 Å². The monoisotopic (exact) mass is 258 g/mol. The normalized spacial score (nSPS) is 29.5. The summed E-state index contributed by atoms with van der Waals surface area (Å²) in [5.74, 6) is 1.01. The molecule has 1 fully saturated rings. The van der Waals surface area contributed by atoms with Crippen LogP contribution in [-0.4, -0.2) is 28.5 Å². The fraction of sp³-hybridized carbons (Fsp3) is 0.923. The SMILES string of the molecule is CCCSC1CCCC(NC(C)C)(C(N)=O)C1. The maximum absolute atomic E-state index is 11.8. The zero-order valence-corrected chi connectivity index (χ0v) is 12.1. The molecule has 1 aliphatic carbocycles. The highest BCUT2D eigenvalue weighted by atomic mass is 32.2. The number of thioether (sulfide) groups is 1. The standard InChI is InChI=1S/C13H26N2OS/c1-4-8-17-11-6-5-7-13(9-11,12(14)16)15-10(2)3/h10-11,15H,4-9H2,1-3H3,(H2,14,16). The Hall–Kier alpha value is -0.220. The first-order valence-corrected chi connectivity index (χ1v) is 7.74. The lowest BCUT2D eigenvalue weighted by Crippen LogP contribution is -2.60. The Bertz CT molecular complexity index is 258. The Balaban J connectivity index is 2.66. The molecule has 0 saturated heterocycles. The number of nitrogens with one attached hydrogen (secondary N) is 1. The molecule has 0 bridgehead atoms. The van der Waals surface area contributed by atoms with Gasteiger partial charge in [0.15, 0.2) is 0 Å². The van der Waals surface area contributed by atoms with Crippen LogP contribution in [0.5, 0.6) is 0 Å². The van der Waals surface area contributed by atoms with Gasteiger partial charge >= 0.3 is 0 Å². The molecule has 3 nitrogen and oxygen atoms in total. The molecule has 0 aliphatic heterocycles. The van der Waals surface area contributed by atoms with Gasteiger partial charge in [0.05, 0.1) is 5.54 Å². The first-order valence-electron chi connectivity index (χ1n) is 6.69. The van der Waals surface area contributed by atoms with E-state index in [0.29, 0.717) is 11.3 Å². The molecule has 100 valence electrons. The van der Waals surface area contributed by atoms with E-state index in [1.54, 1.807) is 0 Å². The minimum absolute atomic E-state index is 0.173. The Kier molecular flexibility index (Phi) is 5.80. The molecule has 0 heterocycles.